The second-order valence-corrected chi connectivity index (χ2v) is 3.91. The van der Waals surface area contributed by atoms with E-state index in [9.17, 15) is 5.11 Å². The Hall–Kier alpha value is -1.94. The van der Waals surface area contributed by atoms with Crippen molar-refractivity contribution in [3.05, 3.63) is 47.9 Å². The molecular formula is C14H16O4. The molecule has 0 saturated heterocycles. The summed E-state index contributed by atoms with van der Waals surface area (Å²) < 4.78 is 15.6. The molecule has 1 unspecified atom stereocenters. The van der Waals surface area contributed by atoms with Crippen LogP contribution in [0.3, 0.4) is 0 Å². The highest BCUT2D eigenvalue weighted by molar-refractivity contribution is 5.42. The molecule has 0 bridgehead atoms. The van der Waals surface area contributed by atoms with E-state index in [0.29, 0.717) is 23.5 Å². The van der Waals surface area contributed by atoms with Crippen LogP contribution >= 0.6 is 0 Å². The maximum absolute atomic E-state index is 10.2. The Bertz CT molecular complexity index is 491. The number of rotatable bonds is 5. The average molecular weight is 248 g/mol. The molecule has 1 heterocycles. The minimum absolute atomic E-state index is 0.399. The van der Waals surface area contributed by atoms with Crippen molar-refractivity contribution in [1.82, 2.24) is 0 Å². The maximum atomic E-state index is 10.2. The third-order valence-corrected chi connectivity index (χ3v) is 2.77. The zero-order valence-electron chi connectivity index (χ0n) is 10.4. The highest BCUT2D eigenvalue weighted by atomic mass is 16.5. The Morgan fingerprint density at radius 3 is 2.67 bits per heavy atom. The molecule has 1 atom stereocenters. The van der Waals surface area contributed by atoms with E-state index >= 15 is 0 Å². The van der Waals surface area contributed by atoms with E-state index in [2.05, 4.69) is 0 Å². The van der Waals surface area contributed by atoms with Gasteiger partial charge in [-0.25, -0.2) is 0 Å². The molecule has 0 aliphatic carbocycles. The van der Waals surface area contributed by atoms with Gasteiger partial charge in [0.1, 0.15) is 17.3 Å². The third-order valence-electron chi connectivity index (χ3n) is 2.77. The first-order valence-electron chi connectivity index (χ1n) is 5.67. The fourth-order valence-corrected chi connectivity index (χ4v) is 1.83. The first-order chi connectivity index (χ1) is 8.74. The Morgan fingerprint density at radius 2 is 2.06 bits per heavy atom. The topological polar surface area (TPSA) is 51.8 Å². The molecule has 0 spiro atoms. The summed E-state index contributed by atoms with van der Waals surface area (Å²) in [7, 11) is 3.16. The lowest BCUT2D eigenvalue weighted by molar-refractivity contribution is 0.166. The molecule has 0 saturated carbocycles. The Labute approximate surface area is 106 Å². The van der Waals surface area contributed by atoms with Gasteiger partial charge in [-0.1, -0.05) is 0 Å². The fraction of sp³-hybridized carbons (Fsp3) is 0.286. The molecule has 2 aromatic rings. The summed E-state index contributed by atoms with van der Waals surface area (Å²) in [5, 5.41) is 10.2. The molecular weight excluding hydrogens is 232 g/mol. The molecule has 0 amide bonds. The van der Waals surface area contributed by atoms with E-state index in [-0.39, 0.29) is 0 Å². The quantitative estimate of drug-likeness (QED) is 0.883. The van der Waals surface area contributed by atoms with Gasteiger partial charge in [-0.3, -0.25) is 0 Å². The van der Waals surface area contributed by atoms with E-state index in [0.717, 1.165) is 5.76 Å². The van der Waals surface area contributed by atoms with E-state index in [1.807, 2.05) is 6.07 Å². The minimum atomic E-state index is -0.693. The van der Waals surface area contributed by atoms with Gasteiger partial charge in [-0.05, 0) is 30.3 Å². The van der Waals surface area contributed by atoms with Crippen LogP contribution in [0.1, 0.15) is 17.4 Å². The summed E-state index contributed by atoms with van der Waals surface area (Å²) in [6.45, 7) is 0. The van der Waals surface area contributed by atoms with Crippen LogP contribution in [0.15, 0.2) is 41.0 Å². The summed E-state index contributed by atoms with van der Waals surface area (Å²) in [5.74, 6) is 2.05. The number of aliphatic hydroxyl groups is 1. The summed E-state index contributed by atoms with van der Waals surface area (Å²) in [6, 6.07) is 8.97. The van der Waals surface area contributed by atoms with E-state index in [1.54, 1.807) is 44.7 Å². The highest BCUT2D eigenvalue weighted by Gasteiger charge is 2.16. The van der Waals surface area contributed by atoms with Crippen molar-refractivity contribution >= 4 is 0 Å². The number of furan rings is 1. The Kier molecular flexibility index (Phi) is 3.89. The van der Waals surface area contributed by atoms with Gasteiger partial charge >= 0.3 is 0 Å². The highest BCUT2D eigenvalue weighted by Crippen LogP contribution is 2.31. The second-order valence-electron chi connectivity index (χ2n) is 3.91. The van der Waals surface area contributed by atoms with Crippen LogP contribution in [0.2, 0.25) is 0 Å². The molecule has 1 aromatic carbocycles. The molecule has 0 aliphatic rings. The summed E-state index contributed by atoms with van der Waals surface area (Å²) in [5.41, 5.74) is 0.688. The fourth-order valence-electron chi connectivity index (χ4n) is 1.83. The number of aliphatic hydroxyl groups excluding tert-OH is 1. The molecule has 2 rings (SSSR count). The second kappa shape index (κ2) is 5.60. The number of hydrogen-bond acceptors (Lipinski definition) is 4. The largest absolute Gasteiger partial charge is 0.497 e. The van der Waals surface area contributed by atoms with Crippen LogP contribution in [-0.4, -0.2) is 19.3 Å². The lowest BCUT2D eigenvalue weighted by Crippen LogP contribution is -2.04. The molecule has 0 fully saturated rings. The van der Waals surface area contributed by atoms with Crippen molar-refractivity contribution in [1.29, 1.82) is 0 Å². The van der Waals surface area contributed by atoms with Crippen LogP contribution in [-0.2, 0) is 6.42 Å². The van der Waals surface area contributed by atoms with Crippen molar-refractivity contribution in [3.8, 4) is 11.5 Å². The maximum Gasteiger partial charge on any atom is 0.124 e. The van der Waals surface area contributed by atoms with Gasteiger partial charge in [0, 0.05) is 12.0 Å². The van der Waals surface area contributed by atoms with Gasteiger partial charge in [-0.2, -0.15) is 0 Å². The molecule has 1 aromatic heterocycles. The van der Waals surface area contributed by atoms with Crippen molar-refractivity contribution in [2.24, 2.45) is 0 Å². The van der Waals surface area contributed by atoms with Gasteiger partial charge in [-0.15, -0.1) is 0 Å². The van der Waals surface area contributed by atoms with Gasteiger partial charge in [0.25, 0.3) is 0 Å². The van der Waals surface area contributed by atoms with E-state index in [4.69, 9.17) is 13.9 Å². The van der Waals surface area contributed by atoms with Gasteiger partial charge in [0.05, 0.1) is 26.6 Å². The zero-order valence-corrected chi connectivity index (χ0v) is 10.4. The summed E-state index contributed by atoms with van der Waals surface area (Å²) in [4.78, 5) is 0. The molecule has 1 N–H and O–H groups in total. The van der Waals surface area contributed by atoms with Crippen molar-refractivity contribution in [2.75, 3.05) is 14.2 Å². The van der Waals surface area contributed by atoms with E-state index in [1.165, 1.54) is 0 Å². The van der Waals surface area contributed by atoms with Gasteiger partial charge < -0.3 is 19.0 Å². The van der Waals surface area contributed by atoms with Crippen LogP contribution in [0.25, 0.3) is 0 Å². The zero-order chi connectivity index (χ0) is 13.0. The SMILES string of the molecule is COc1ccc(OC)c(C(O)Cc2ccco2)c1. The number of methoxy groups -OCH3 is 2. The van der Waals surface area contributed by atoms with Gasteiger partial charge in [0.15, 0.2) is 0 Å². The lowest BCUT2D eigenvalue weighted by atomic mass is 10.0. The molecule has 18 heavy (non-hydrogen) atoms. The summed E-state index contributed by atoms with van der Waals surface area (Å²) >= 11 is 0. The lowest BCUT2D eigenvalue weighted by Gasteiger charge is -2.15. The van der Waals surface area contributed by atoms with Crippen LogP contribution < -0.4 is 9.47 Å². The summed E-state index contributed by atoms with van der Waals surface area (Å²) in [6.07, 6.45) is 1.29. The first-order valence-corrected chi connectivity index (χ1v) is 5.67. The number of benzene rings is 1. The number of hydrogen-bond donors (Lipinski definition) is 1. The smallest absolute Gasteiger partial charge is 0.124 e. The monoisotopic (exact) mass is 248 g/mol. The Morgan fingerprint density at radius 1 is 1.22 bits per heavy atom. The molecule has 0 radical (unpaired) electrons. The molecule has 4 nitrogen and oxygen atoms in total. The predicted octanol–water partition coefficient (Wildman–Crippen LogP) is 2.57. The average Bonchev–Trinajstić information content (AvgIpc) is 2.90. The molecule has 96 valence electrons. The molecule has 4 heteroatoms. The van der Waals surface area contributed by atoms with Crippen LogP contribution in [0, 0.1) is 0 Å². The van der Waals surface area contributed by atoms with Crippen LogP contribution in [0.5, 0.6) is 11.5 Å². The molecule has 0 aliphatic heterocycles. The first kappa shape index (κ1) is 12.5. The normalized spacial score (nSPS) is 12.2. The Balaban J connectivity index is 2.24. The number of ether oxygens (including phenoxy) is 2. The van der Waals surface area contributed by atoms with Crippen molar-refractivity contribution < 1.29 is 19.0 Å². The third kappa shape index (κ3) is 2.65. The van der Waals surface area contributed by atoms with Crippen molar-refractivity contribution in [3.63, 3.8) is 0 Å². The predicted molar refractivity (Wildman–Crippen MR) is 66.9 cm³/mol. The van der Waals surface area contributed by atoms with Crippen LogP contribution in [0.4, 0.5) is 0 Å². The van der Waals surface area contributed by atoms with E-state index < -0.39 is 6.10 Å². The van der Waals surface area contributed by atoms with Crippen molar-refractivity contribution in [2.45, 2.75) is 12.5 Å². The van der Waals surface area contributed by atoms with Gasteiger partial charge in [0.2, 0.25) is 0 Å². The minimum Gasteiger partial charge on any atom is -0.497 e. The standard InChI is InChI=1S/C14H16O4/c1-16-10-5-6-14(17-2)12(8-10)13(15)9-11-4-3-7-18-11/h3-8,13,15H,9H2,1-2H3.